The van der Waals surface area contributed by atoms with Crippen molar-refractivity contribution in [2.24, 2.45) is 0 Å². The fourth-order valence-corrected chi connectivity index (χ4v) is 4.77. The molecule has 0 spiro atoms. The van der Waals surface area contributed by atoms with Crippen molar-refractivity contribution in [2.45, 2.75) is 13.0 Å². The number of nitrogens with zero attached hydrogens (tertiary/aromatic N) is 1. The summed E-state index contributed by atoms with van der Waals surface area (Å²) in [5.41, 5.74) is 0.782. The van der Waals surface area contributed by atoms with E-state index in [9.17, 15) is 18.0 Å². The first kappa shape index (κ1) is 18.4. The molecule has 0 aliphatic carbocycles. The van der Waals surface area contributed by atoms with Crippen LogP contribution in [0.5, 0.6) is 0 Å². The maximum atomic E-state index is 12.0. The molecule has 0 unspecified atom stereocenters. The molecule has 0 saturated carbocycles. The van der Waals surface area contributed by atoms with Crippen molar-refractivity contribution in [1.82, 2.24) is 5.32 Å². The van der Waals surface area contributed by atoms with E-state index in [0.29, 0.717) is 25.2 Å². The maximum absolute atomic E-state index is 12.0. The normalized spacial score (nSPS) is 15.6. The summed E-state index contributed by atoms with van der Waals surface area (Å²) in [4.78, 5) is 24.7. The number of nitrogens with one attached hydrogen (secondary N) is 1. The zero-order valence-corrected chi connectivity index (χ0v) is 15.5. The fraction of sp³-hybridized carbons (Fsp3) is 0.294. The number of carbonyl (C=O) groups is 2. The van der Waals surface area contributed by atoms with Gasteiger partial charge in [-0.1, -0.05) is 6.07 Å². The zero-order valence-electron chi connectivity index (χ0n) is 13.9. The van der Waals surface area contributed by atoms with Crippen molar-refractivity contribution in [3.8, 4) is 0 Å². The van der Waals surface area contributed by atoms with Gasteiger partial charge in [0.2, 0.25) is 10.0 Å². The van der Waals surface area contributed by atoms with Crippen molar-refractivity contribution < 1.29 is 22.7 Å². The van der Waals surface area contributed by atoms with Crippen LogP contribution < -0.4 is 9.62 Å². The van der Waals surface area contributed by atoms with Crippen molar-refractivity contribution in [3.05, 3.63) is 52.2 Å². The van der Waals surface area contributed by atoms with Gasteiger partial charge in [0, 0.05) is 11.4 Å². The lowest BCUT2D eigenvalue weighted by Crippen LogP contribution is -2.28. The first-order valence-corrected chi connectivity index (χ1v) is 10.5. The molecule has 1 saturated heterocycles. The average Bonchev–Trinajstić information content (AvgIpc) is 3.27. The molecular formula is C17H18N2O5S2. The van der Waals surface area contributed by atoms with Gasteiger partial charge in [-0.2, -0.15) is 0 Å². The lowest BCUT2D eigenvalue weighted by Gasteiger charge is -2.16. The molecule has 0 radical (unpaired) electrons. The third-order valence-electron chi connectivity index (χ3n) is 3.86. The van der Waals surface area contributed by atoms with Crippen LogP contribution in [-0.4, -0.2) is 39.2 Å². The molecule has 26 heavy (non-hydrogen) atoms. The molecule has 9 heteroatoms. The second-order valence-electron chi connectivity index (χ2n) is 5.72. The van der Waals surface area contributed by atoms with Crippen LogP contribution in [0.4, 0.5) is 5.69 Å². The van der Waals surface area contributed by atoms with Gasteiger partial charge in [0.15, 0.2) is 6.61 Å². The molecule has 1 aromatic heterocycles. The van der Waals surface area contributed by atoms with E-state index in [2.05, 4.69) is 5.32 Å². The van der Waals surface area contributed by atoms with Crippen LogP contribution in [0.3, 0.4) is 0 Å². The molecular weight excluding hydrogens is 376 g/mol. The van der Waals surface area contributed by atoms with E-state index in [1.54, 1.807) is 12.1 Å². The number of carbonyl (C=O) groups excluding carboxylic acids is 2. The number of esters is 1. The standard InChI is InChI=1S/C17H18N2O5S2/c20-16(18-11-15-3-1-9-25-15)12-24-17(21)13-4-6-14(7-5-13)19-8-2-10-26(19,22)23/h1,3-7,9H,2,8,10-12H2,(H,18,20). The number of hydrogen-bond donors (Lipinski definition) is 1. The Kier molecular flexibility index (Phi) is 5.58. The van der Waals surface area contributed by atoms with E-state index in [1.807, 2.05) is 17.5 Å². The van der Waals surface area contributed by atoms with Gasteiger partial charge in [0.25, 0.3) is 5.91 Å². The quantitative estimate of drug-likeness (QED) is 0.754. The van der Waals surface area contributed by atoms with E-state index < -0.39 is 16.0 Å². The molecule has 3 rings (SSSR count). The van der Waals surface area contributed by atoms with Crippen LogP contribution in [0, 0.1) is 0 Å². The van der Waals surface area contributed by atoms with Crippen molar-refractivity contribution >= 4 is 38.9 Å². The Balaban J connectivity index is 1.51. The van der Waals surface area contributed by atoms with Gasteiger partial charge in [-0.25, -0.2) is 13.2 Å². The van der Waals surface area contributed by atoms with Crippen LogP contribution >= 0.6 is 11.3 Å². The second-order valence-corrected chi connectivity index (χ2v) is 8.77. The predicted molar refractivity (Wildman–Crippen MR) is 98.6 cm³/mol. The van der Waals surface area contributed by atoms with Crippen molar-refractivity contribution in [3.63, 3.8) is 0 Å². The molecule has 1 N–H and O–H groups in total. The Morgan fingerprint density at radius 2 is 1.96 bits per heavy atom. The average molecular weight is 394 g/mol. The summed E-state index contributed by atoms with van der Waals surface area (Å²) in [6.07, 6.45) is 0.590. The van der Waals surface area contributed by atoms with Crippen LogP contribution in [0.1, 0.15) is 21.7 Å². The minimum atomic E-state index is -3.25. The second kappa shape index (κ2) is 7.88. The van der Waals surface area contributed by atoms with Gasteiger partial charge < -0.3 is 10.1 Å². The predicted octanol–water partition coefficient (Wildman–Crippen LogP) is 1.76. The molecule has 2 aromatic rings. The van der Waals surface area contributed by atoms with E-state index >= 15 is 0 Å². The molecule has 0 atom stereocenters. The number of ether oxygens (including phenoxy) is 1. The third-order valence-corrected chi connectivity index (χ3v) is 6.61. The Hall–Kier alpha value is -2.39. The SMILES string of the molecule is O=C(COC(=O)c1ccc(N2CCCS2(=O)=O)cc1)NCc1cccs1. The Morgan fingerprint density at radius 3 is 2.58 bits per heavy atom. The molecule has 2 heterocycles. The molecule has 1 amide bonds. The molecule has 7 nitrogen and oxygen atoms in total. The van der Waals surface area contributed by atoms with Crippen LogP contribution in [-0.2, 0) is 26.1 Å². The van der Waals surface area contributed by atoms with Crippen LogP contribution in [0.15, 0.2) is 41.8 Å². The number of sulfonamides is 1. The van der Waals surface area contributed by atoms with Gasteiger partial charge in [-0.05, 0) is 42.1 Å². The first-order chi connectivity index (χ1) is 12.5. The zero-order chi connectivity index (χ0) is 18.6. The van der Waals surface area contributed by atoms with Gasteiger partial charge in [0.1, 0.15) is 0 Å². The number of anilines is 1. The summed E-state index contributed by atoms with van der Waals surface area (Å²) >= 11 is 1.53. The van der Waals surface area contributed by atoms with E-state index in [-0.39, 0.29) is 23.8 Å². The molecule has 138 valence electrons. The summed E-state index contributed by atoms with van der Waals surface area (Å²) in [6.45, 7) is 0.468. The number of amides is 1. The van der Waals surface area contributed by atoms with E-state index in [0.717, 1.165) is 4.88 Å². The Bertz CT molecular complexity index is 876. The number of hydrogen-bond acceptors (Lipinski definition) is 6. The smallest absolute Gasteiger partial charge is 0.338 e. The first-order valence-electron chi connectivity index (χ1n) is 8.02. The minimum absolute atomic E-state index is 0.136. The van der Waals surface area contributed by atoms with E-state index in [4.69, 9.17) is 4.74 Å². The Labute approximate surface area is 155 Å². The third kappa shape index (κ3) is 4.41. The minimum Gasteiger partial charge on any atom is -0.452 e. The highest BCUT2D eigenvalue weighted by molar-refractivity contribution is 7.93. The lowest BCUT2D eigenvalue weighted by molar-refractivity contribution is -0.124. The monoisotopic (exact) mass is 394 g/mol. The lowest BCUT2D eigenvalue weighted by atomic mass is 10.2. The van der Waals surface area contributed by atoms with E-state index in [1.165, 1.54) is 27.8 Å². The molecule has 1 aliphatic heterocycles. The summed E-state index contributed by atoms with van der Waals surface area (Å²) < 4.78 is 30.1. The fourth-order valence-electron chi connectivity index (χ4n) is 2.56. The summed E-state index contributed by atoms with van der Waals surface area (Å²) in [5, 5.41) is 4.58. The highest BCUT2D eigenvalue weighted by Gasteiger charge is 2.28. The number of thiophene rings is 1. The van der Waals surface area contributed by atoms with Crippen molar-refractivity contribution in [1.29, 1.82) is 0 Å². The highest BCUT2D eigenvalue weighted by Crippen LogP contribution is 2.24. The number of benzene rings is 1. The summed E-state index contributed by atoms with van der Waals surface area (Å²) in [7, 11) is -3.25. The maximum Gasteiger partial charge on any atom is 0.338 e. The molecule has 0 bridgehead atoms. The van der Waals surface area contributed by atoms with Crippen molar-refractivity contribution in [2.75, 3.05) is 23.2 Å². The highest BCUT2D eigenvalue weighted by atomic mass is 32.2. The van der Waals surface area contributed by atoms with Gasteiger partial charge in [-0.15, -0.1) is 11.3 Å². The van der Waals surface area contributed by atoms with Crippen LogP contribution in [0.25, 0.3) is 0 Å². The Morgan fingerprint density at radius 1 is 1.19 bits per heavy atom. The van der Waals surface area contributed by atoms with Crippen LogP contribution in [0.2, 0.25) is 0 Å². The molecule has 1 fully saturated rings. The van der Waals surface area contributed by atoms with Gasteiger partial charge in [-0.3, -0.25) is 9.10 Å². The number of rotatable bonds is 6. The summed E-state index contributed by atoms with van der Waals surface area (Å²) in [5.74, 6) is -0.879. The summed E-state index contributed by atoms with van der Waals surface area (Å²) in [6, 6.07) is 9.92. The molecule has 1 aliphatic rings. The topological polar surface area (TPSA) is 92.8 Å². The molecule has 1 aromatic carbocycles. The van der Waals surface area contributed by atoms with Gasteiger partial charge >= 0.3 is 5.97 Å². The largest absolute Gasteiger partial charge is 0.452 e. The van der Waals surface area contributed by atoms with Gasteiger partial charge in [0.05, 0.1) is 23.5 Å².